The van der Waals surface area contributed by atoms with Crippen LogP contribution in [0.1, 0.15) is 44.0 Å². The molecule has 1 heterocycles. The molecule has 1 N–H and O–H groups in total. The van der Waals surface area contributed by atoms with Crippen LogP contribution in [0.15, 0.2) is 35.7 Å². The van der Waals surface area contributed by atoms with Crippen molar-refractivity contribution >= 4 is 11.3 Å². The van der Waals surface area contributed by atoms with Gasteiger partial charge < -0.3 is 14.8 Å². The summed E-state index contributed by atoms with van der Waals surface area (Å²) in [5.41, 5.74) is 3.36. The topological polar surface area (TPSA) is 43.4 Å². The van der Waals surface area contributed by atoms with Crippen LogP contribution in [0.4, 0.5) is 0 Å². The molecule has 0 bridgehead atoms. The Balaban J connectivity index is 1.95. The minimum Gasteiger partial charge on any atom is -0.493 e. The van der Waals surface area contributed by atoms with Crippen molar-refractivity contribution in [3.8, 4) is 11.5 Å². The second-order valence-electron chi connectivity index (χ2n) is 7.21. The van der Waals surface area contributed by atoms with Gasteiger partial charge in [0.2, 0.25) is 0 Å². The largest absolute Gasteiger partial charge is 0.493 e. The molecule has 1 aromatic carbocycles. The van der Waals surface area contributed by atoms with Crippen LogP contribution in [0.3, 0.4) is 0 Å². The van der Waals surface area contributed by atoms with Crippen LogP contribution >= 0.6 is 11.3 Å². The van der Waals surface area contributed by atoms with Crippen molar-refractivity contribution in [3.05, 3.63) is 52.0 Å². The number of aromatic nitrogens is 1. The van der Waals surface area contributed by atoms with E-state index >= 15 is 0 Å². The number of hydrogen-bond acceptors (Lipinski definition) is 5. The fraction of sp³-hybridized carbons (Fsp3) is 0.450. The number of benzene rings is 1. The van der Waals surface area contributed by atoms with Gasteiger partial charge in [0.25, 0.3) is 0 Å². The summed E-state index contributed by atoms with van der Waals surface area (Å²) in [6.45, 7) is 14.4. The molecule has 2 aromatic rings. The van der Waals surface area contributed by atoms with E-state index in [0.29, 0.717) is 6.61 Å². The van der Waals surface area contributed by atoms with E-state index in [9.17, 15) is 0 Å². The van der Waals surface area contributed by atoms with Gasteiger partial charge in [-0.25, -0.2) is 4.98 Å². The second-order valence-corrected chi connectivity index (χ2v) is 8.15. The van der Waals surface area contributed by atoms with Gasteiger partial charge >= 0.3 is 0 Å². The molecule has 0 aliphatic carbocycles. The van der Waals surface area contributed by atoms with Crippen molar-refractivity contribution in [2.75, 3.05) is 13.7 Å². The first-order chi connectivity index (χ1) is 11.8. The Bertz CT molecular complexity index is 717. The average molecular weight is 361 g/mol. The van der Waals surface area contributed by atoms with Crippen LogP contribution in [0, 0.1) is 0 Å². The third-order valence-electron chi connectivity index (χ3n) is 3.63. The lowest BCUT2D eigenvalue weighted by atomic mass is 9.93. The van der Waals surface area contributed by atoms with E-state index in [2.05, 4.69) is 38.0 Å². The number of nitrogens with zero attached hydrogens (tertiary/aromatic N) is 1. The highest BCUT2D eigenvalue weighted by molar-refractivity contribution is 7.09. The van der Waals surface area contributed by atoms with Crippen LogP contribution in [-0.4, -0.2) is 18.7 Å². The van der Waals surface area contributed by atoms with Gasteiger partial charge in [-0.15, -0.1) is 11.3 Å². The van der Waals surface area contributed by atoms with Gasteiger partial charge in [0.15, 0.2) is 11.5 Å². The van der Waals surface area contributed by atoms with Crippen molar-refractivity contribution in [3.63, 3.8) is 0 Å². The normalized spacial score (nSPS) is 11.4. The van der Waals surface area contributed by atoms with Crippen LogP contribution in [0.25, 0.3) is 0 Å². The molecule has 0 fully saturated rings. The van der Waals surface area contributed by atoms with Gasteiger partial charge in [-0.1, -0.05) is 33.4 Å². The highest BCUT2D eigenvalue weighted by Gasteiger charge is 2.17. The summed E-state index contributed by atoms with van der Waals surface area (Å²) < 4.78 is 11.1. The maximum Gasteiger partial charge on any atom is 0.161 e. The second kappa shape index (κ2) is 8.50. The van der Waals surface area contributed by atoms with Gasteiger partial charge in [-0.2, -0.15) is 0 Å². The minimum absolute atomic E-state index is 0.0975. The average Bonchev–Trinajstić information content (AvgIpc) is 3.02. The van der Waals surface area contributed by atoms with Gasteiger partial charge in [0.1, 0.15) is 11.6 Å². The molecule has 0 amide bonds. The first-order valence-electron chi connectivity index (χ1n) is 8.39. The Morgan fingerprint density at radius 2 is 2.00 bits per heavy atom. The van der Waals surface area contributed by atoms with Gasteiger partial charge in [0.05, 0.1) is 12.8 Å². The van der Waals surface area contributed by atoms with Crippen LogP contribution in [0.2, 0.25) is 0 Å². The Kier molecular flexibility index (Phi) is 6.62. The van der Waals surface area contributed by atoms with E-state index < -0.39 is 0 Å². The molecule has 136 valence electrons. The van der Waals surface area contributed by atoms with Crippen LogP contribution in [0.5, 0.6) is 11.5 Å². The summed E-state index contributed by atoms with van der Waals surface area (Å²) in [7, 11) is 1.65. The summed E-state index contributed by atoms with van der Waals surface area (Å²) in [4.78, 5) is 4.71. The third-order valence-corrected chi connectivity index (χ3v) is 4.48. The molecule has 0 radical (unpaired) electrons. The number of methoxy groups -OCH3 is 1. The number of thiazole rings is 1. The van der Waals surface area contributed by atoms with E-state index in [1.165, 1.54) is 0 Å². The highest BCUT2D eigenvalue weighted by atomic mass is 32.1. The molecule has 0 spiro atoms. The lowest BCUT2D eigenvalue weighted by Crippen LogP contribution is -2.14. The minimum atomic E-state index is 0.0975. The number of nitrogens with one attached hydrogen (secondary N) is 1. The molecule has 0 unspecified atom stereocenters. The molecular formula is C20H28N2O2S. The SMILES string of the molecule is C=C(C)COc1cc(CNCc2nc(C(C)(C)C)cs2)ccc1OC. The Morgan fingerprint density at radius 3 is 2.60 bits per heavy atom. The lowest BCUT2D eigenvalue weighted by molar-refractivity contribution is 0.319. The smallest absolute Gasteiger partial charge is 0.161 e. The maximum atomic E-state index is 5.77. The number of ether oxygens (including phenoxy) is 2. The summed E-state index contributed by atoms with van der Waals surface area (Å²) in [5.74, 6) is 1.48. The summed E-state index contributed by atoms with van der Waals surface area (Å²) in [5, 5.41) is 6.70. The molecule has 0 aliphatic heterocycles. The molecule has 5 heteroatoms. The highest BCUT2D eigenvalue weighted by Crippen LogP contribution is 2.28. The number of rotatable bonds is 8. The Labute approximate surface area is 154 Å². The maximum absolute atomic E-state index is 5.77. The molecule has 2 rings (SSSR count). The van der Waals surface area contributed by atoms with Crippen molar-refractivity contribution < 1.29 is 9.47 Å². The number of hydrogen-bond donors (Lipinski definition) is 1. The van der Waals surface area contributed by atoms with Crippen LogP contribution in [-0.2, 0) is 18.5 Å². The van der Waals surface area contributed by atoms with E-state index in [4.69, 9.17) is 14.5 Å². The predicted molar refractivity (Wildman–Crippen MR) is 105 cm³/mol. The fourth-order valence-corrected chi connectivity index (χ4v) is 3.19. The predicted octanol–water partition coefficient (Wildman–Crippen LogP) is 4.69. The summed E-state index contributed by atoms with van der Waals surface area (Å²) in [6.07, 6.45) is 0. The van der Waals surface area contributed by atoms with Gasteiger partial charge in [-0.05, 0) is 30.2 Å². The van der Waals surface area contributed by atoms with Crippen molar-refractivity contribution in [1.82, 2.24) is 10.3 Å². The molecule has 0 saturated heterocycles. The third kappa shape index (κ3) is 5.87. The van der Waals surface area contributed by atoms with Gasteiger partial charge in [0, 0.05) is 23.9 Å². The molecule has 1 aromatic heterocycles. The van der Waals surface area contributed by atoms with Crippen molar-refractivity contribution in [2.45, 2.75) is 46.2 Å². The summed E-state index contributed by atoms with van der Waals surface area (Å²) >= 11 is 1.70. The Morgan fingerprint density at radius 1 is 1.24 bits per heavy atom. The lowest BCUT2D eigenvalue weighted by Gasteiger charge is -2.14. The van der Waals surface area contributed by atoms with E-state index in [0.717, 1.165) is 46.4 Å². The molecule has 0 aliphatic rings. The van der Waals surface area contributed by atoms with E-state index in [1.54, 1.807) is 18.4 Å². The monoisotopic (exact) mass is 360 g/mol. The quantitative estimate of drug-likeness (QED) is 0.693. The first-order valence-corrected chi connectivity index (χ1v) is 9.27. The zero-order valence-corrected chi connectivity index (χ0v) is 16.6. The zero-order chi connectivity index (χ0) is 18.4. The van der Waals surface area contributed by atoms with E-state index in [-0.39, 0.29) is 5.41 Å². The molecule has 25 heavy (non-hydrogen) atoms. The standard InChI is InChI=1S/C20H28N2O2S/c1-14(2)12-24-17-9-15(7-8-16(17)23-6)10-21-11-19-22-18(13-25-19)20(3,4)5/h7-9,13,21H,1,10-12H2,2-6H3. The zero-order valence-electron chi connectivity index (χ0n) is 15.8. The van der Waals surface area contributed by atoms with Crippen molar-refractivity contribution in [1.29, 1.82) is 0 Å². The molecule has 0 atom stereocenters. The molecule has 4 nitrogen and oxygen atoms in total. The van der Waals surface area contributed by atoms with Crippen molar-refractivity contribution in [2.24, 2.45) is 0 Å². The molecular weight excluding hydrogens is 332 g/mol. The molecule has 0 saturated carbocycles. The summed E-state index contributed by atoms with van der Waals surface area (Å²) in [6, 6.07) is 5.99. The van der Waals surface area contributed by atoms with E-state index in [1.807, 2.05) is 25.1 Å². The van der Waals surface area contributed by atoms with Gasteiger partial charge in [-0.3, -0.25) is 0 Å². The first kappa shape index (κ1) is 19.5. The van der Waals surface area contributed by atoms with Crippen LogP contribution < -0.4 is 14.8 Å². The Hall–Kier alpha value is -1.85. The fourth-order valence-electron chi connectivity index (χ4n) is 2.20.